The lowest BCUT2D eigenvalue weighted by Crippen LogP contribution is -2.27. The highest BCUT2D eigenvalue weighted by Gasteiger charge is 2.44. The van der Waals surface area contributed by atoms with Crippen molar-refractivity contribution in [3.05, 3.63) is 64.6 Å². The first-order chi connectivity index (χ1) is 10.4. The lowest BCUT2D eigenvalue weighted by molar-refractivity contribution is -0.204. The van der Waals surface area contributed by atoms with Gasteiger partial charge in [-0.3, -0.25) is 0 Å². The zero-order valence-corrected chi connectivity index (χ0v) is 13.4. The zero-order valence-electron chi connectivity index (χ0n) is 11.0. The van der Waals surface area contributed by atoms with E-state index in [1.807, 2.05) is 0 Å². The molecular weight excluding hydrogens is 381 g/mol. The highest BCUT2D eigenvalue weighted by atomic mass is 79.9. The first kappa shape index (κ1) is 16.8. The van der Waals surface area contributed by atoms with E-state index < -0.39 is 17.5 Å². The van der Waals surface area contributed by atoms with Crippen molar-refractivity contribution in [2.24, 2.45) is 0 Å². The SMILES string of the molecule is FC(F)(F)C(OC(=S)Oc1ccccc1)c1ccccc1Br. The maximum absolute atomic E-state index is 13.2. The average Bonchev–Trinajstić information content (AvgIpc) is 2.46. The topological polar surface area (TPSA) is 18.5 Å². The van der Waals surface area contributed by atoms with Crippen LogP contribution in [-0.4, -0.2) is 11.4 Å². The number of thiocarbonyl (C=S) groups is 1. The molecule has 2 rings (SSSR count). The molecule has 0 bridgehead atoms. The minimum atomic E-state index is -4.63. The van der Waals surface area contributed by atoms with Gasteiger partial charge in [-0.2, -0.15) is 13.2 Å². The number of benzene rings is 2. The summed E-state index contributed by atoms with van der Waals surface area (Å²) in [4.78, 5) is 0. The minimum Gasteiger partial charge on any atom is -0.439 e. The maximum atomic E-state index is 13.2. The summed E-state index contributed by atoms with van der Waals surface area (Å²) in [5.74, 6) is 0.306. The number of rotatable bonds is 3. The highest BCUT2D eigenvalue weighted by molar-refractivity contribution is 9.10. The average molecular weight is 391 g/mol. The highest BCUT2D eigenvalue weighted by Crippen LogP contribution is 2.39. The number of ether oxygens (including phenoxy) is 2. The molecule has 2 nitrogen and oxygen atoms in total. The molecule has 2 aromatic carbocycles. The van der Waals surface area contributed by atoms with Crippen molar-refractivity contribution in [1.82, 2.24) is 0 Å². The van der Waals surface area contributed by atoms with Gasteiger partial charge in [0.2, 0.25) is 6.10 Å². The molecule has 7 heteroatoms. The number of alkyl halides is 3. The van der Waals surface area contributed by atoms with Gasteiger partial charge in [0.05, 0.1) is 0 Å². The molecule has 0 saturated heterocycles. The summed E-state index contributed by atoms with van der Waals surface area (Å²) in [6, 6.07) is 14.1. The van der Waals surface area contributed by atoms with E-state index in [4.69, 9.17) is 21.7 Å². The van der Waals surface area contributed by atoms with Gasteiger partial charge in [-0.1, -0.05) is 52.3 Å². The molecule has 116 valence electrons. The molecule has 2 aromatic rings. The number of para-hydroxylation sites is 1. The molecule has 0 spiro atoms. The van der Waals surface area contributed by atoms with E-state index in [1.54, 1.807) is 36.4 Å². The second kappa shape index (κ2) is 7.11. The third-order valence-corrected chi connectivity index (χ3v) is 3.55. The summed E-state index contributed by atoms with van der Waals surface area (Å²) in [6.45, 7) is 0. The molecule has 0 aliphatic rings. The van der Waals surface area contributed by atoms with Crippen molar-refractivity contribution in [3.63, 3.8) is 0 Å². The molecule has 0 aliphatic carbocycles. The van der Waals surface area contributed by atoms with E-state index in [1.165, 1.54) is 18.2 Å². The van der Waals surface area contributed by atoms with Gasteiger partial charge >= 0.3 is 11.4 Å². The second-order valence-electron chi connectivity index (χ2n) is 4.23. The molecule has 0 amide bonds. The fourth-order valence-corrected chi connectivity index (χ4v) is 2.38. The van der Waals surface area contributed by atoms with Gasteiger partial charge < -0.3 is 9.47 Å². The summed E-state index contributed by atoms with van der Waals surface area (Å²) in [5, 5.41) is -0.593. The summed E-state index contributed by atoms with van der Waals surface area (Å²) in [6.07, 6.45) is -6.84. The van der Waals surface area contributed by atoms with Crippen LogP contribution < -0.4 is 4.74 Å². The Labute approximate surface area is 139 Å². The first-order valence-corrected chi connectivity index (χ1v) is 7.32. The van der Waals surface area contributed by atoms with E-state index in [0.29, 0.717) is 5.75 Å². The third-order valence-electron chi connectivity index (χ3n) is 2.64. The van der Waals surface area contributed by atoms with Crippen molar-refractivity contribution in [2.45, 2.75) is 12.3 Å². The van der Waals surface area contributed by atoms with Crippen LogP contribution in [0.25, 0.3) is 0 Å². The van der Waals surface area contributed by atoms with Gasteiger partial charge in [0, 0.05) is 22.3 Å². The van der Waals surface area contributed by atoms with Gasteiger partial charge in [-0.25, -0.2) is 0 Å². The number of hydrogen-bond donors (Lipinski definition) is 0. The molecule has 22 heavy (non-hydrogen) atoms. The number of hydrogen-bond acceptors (Lipinski definition) is 3. The Kier molecular flexibility index (Phi) is 5.42. The smallest absolute Gasteiger partial charge is 0.429 e. The van der Waals surface area contributed by atoms with Gasteiger partial charge in [0.15, 0.2) is 0 Å². The van der Waals surface area contributed by atoms with E-state index >= 15 is 0 Å². The molecule has 0 fully saturated rings. The Morgan fingerprint density at radius 1 is 1.00 bits per heavy atom. The van der Waals surface area contributed by atoms with Crippen LogP contribution in [0.15, 0.2) is 59.1 Å². The molecule has 0 aliphatic heterocycles. The van der Waals surface area contributed by atoms with Crippen molar-refractivity contribution in [2.75, 3.05) is 0 Å². The lowest BCUT2D eigenvalue weighted by Gasteiger charge is -2.22. The van der Waals surface area contributed by atoms with E-state index in [0.717, 1.165) is 0 Å². The van der Waals surface area contributed by atoms with Gasteiger partial charge in [0.25, 0.3) is 0 Å². The van der Waals surface area contributed by atoms with Crippen molar-refractivity contribution < 1.29 is 22.6 Å². The molecule has 0 heterocycles. The van der Waals surface area contributed by atoms with Crippen LogP contribution in [0.2, 0.25) is 0 Å². The maximum Gasteiger partial charge on any atom is 0.429 e. The molecule has 1 atom stereocenters. The quantitative estimate of drug-likeness (QED) is 0.650. The predicted octanol–water partition coefficient (Wildman–Crippen LogP) is 5.43. The van der Waals surface area contributed by atoms with Gasteiger partial charge in [-0.15, -0.1) is 0 Å². The third kappa shape index (κ3) is 4.45. The van der Waals surface area contributed by atoms with E-state index in [-0.39, 0.29) is 10.0 Å². The fourth-order valence-electron chi connectivity index (χ4n) is 1.70. The first-order valence-electron chi connectivity index (χ1n) is 6.12. The lowest BCUT2D eigenvalue weighted by atomic mass is 10.1. The Morgan fingerprint density at radius 3 is 2.18 bits per heavy atom. The van der Waals surface area contributed by atoms with Crippen molar-refractivity contribution in [3.8, 4) is 5.75 Å². The predicted molar refractivity (Wildman–Crippen MR) is 83.7 cm³/mol. The van der Waals surface area contributed by atoms with Crippen LogP contribution >= 0.6 is 28.1 Å². The molecule has 0 saturated carbocycles. The Balaban J connectivity index is 2.18. The van der Waals surface area contributed by atoms with Crippen LogP contribution in [0.4, 0.5) is 13.2 Å². The summed E-state index contributed by atoms with van der Waals surface area (Å²) >= 11 is 7.85. The Hall–Kier alpha value is -1.60. The second-order valence-corrected chi connectivity index (χ2v) is 5.41. The van der Waals surface area contributed by atoms with Gasteiger partial charge in [0.1, 0.15) is 5.75 Å². The van der Waals surface area contributed by atoms with E-state index in [2.05, 4.69) is 15.9 Å². The van der Waals surface area contributed by atoms with Crippen LogP contribution in [-0.2, 0) is 4.74 Å². The largest absolute Gasteiger partial charge is 0.439 e. The standard InChI is InChI=1S/C15H10BrF3O2S/c16-12-9-5-4-8-11(12)13(15(17,18)19)21-14(22)20-10-6-2-1-3-7-10/h1-9,13H. The van der Waals surface area contributed by atoms with Crippen LogP contribution in [0.3, 0.4) is 0 Å². The summed E-state index contributed by atoms with van der Waals surface area (Å²) in [5.41, 5.74) is -0.0750. The van der Waals surface area contributed by atoms with Gasteiger partial charge in [-0.05, 0) is 18.2 Å². The summed E-state index contributed by atoms with van der Waals surface area (Å²) in [7, 11) is 0. The van der Waals surface area contributed by atoms with Crippen molar-refractivity contribution >= 4 is 33.4 Å². The van der Waals surface area contributed by atoms with Crippen LogP contribution in [0.5, 0.6) is 5.75 Å². The van der Waals surface area contributed by atoms with Crippen LogP contribution in [0, 0.1) is 0 Å². The Morgan fingerprint density at radius 2 is 1.59 bits per heavy atom. The normalized spacial score (nSPS) is 12.5. The molecule has 0 N–H and O–H groups in total. The monoisotopic (exact) mass is 390 g/mol. The van der Waals surface area contributed by atoms with Crippen LogP contribution in [0.1, 0.15) is 11.7 Å². The van der Waals surface area contributed by atoms with E-state index in [9.17, 15) is 13.2 Å². The van der Waals surface area contributed by atoms with Crippen molar-refractivity contribution in [1.29, 1.82) is 0 Å². The number of halogens is 4. The zero-order chi connectivity index (χ0) is 16.2. The molecule has 0 radical (unpaired) electrons. The summed E-state index contributed by atoms with van der Waals surface area (Å²) < 4.78 is 49.9. The molecule has 1 unspecified atom stereocenters. The Bertz CT molecular complexity index is 647. The minimum absolute atomic E-state index is 0.0750. The molecular formula is C15H10BrF3O2S. The molecule has 0 aromatic heterocycles. The fraction of sp³-hybridized carbons (Fsp3) is 0.133.